The highest BCUT2D eigenvalue weighted by molar-refractivity contribution is 8.07. The predicted octanol–water partition coefficient (Wildman–Crippen LogP) is 1.59. The summed E-state index contributed by atoms with van der Waals surface area (Å²) in [4.78, 5) is 49.8. The van der Waals surface area contributed by atoms with Crippen LogP contribution in [0.2, 0.25) is 0 Å². The van der Waals surface area contributed by atoms with Gasteiger partial charge in [-0.15, -0.1) is 0 Å². The van der Waals surface area contributed by atoms with E-state index in [2.05, 4.69) is 19.9 Å². The van der Waals surface area contributed by atoms with Crippen molar-refractivity contribution in [2.24, 2.45) is 5.73 Å². The van der Waals surface area contributed by atoms with Crippen LogP contribution in [0, 0.1) is 6.92 Å². The van der Waals surface area contributed by atoms with E-state index < -0.39 is 81.6 Å². The molecule has 3 fully saturated rings. The number of imidazole rings is 1. The number of amides is 1. The van der Waals surface area contributed by atoms with Crippen molar-refractivity contribution in [2.45, 2.75) is 56.0 Å². The van der Waals surface area contributed by atoms with Gasteiger partial charge in [-0.1, -0.05) is 0 Å². The lowest BCUT2D eigenvalue weighted by Gasteiger charge is -2.27. The second kappa shape index (κ2) is 11.7. The summed E-state index contributed by atoms with van der Waals surface area (Å²) in [5.41, 5.74) is 6.66. The first kappa shape index (κ1) is 31.0. The van der Waals surface area contributed by atoms with Crippen LogP contribution in [0.5, 0.6) is 0 Å². The Bertz CT molecular complexity index is 1660. The fourth-order valence-electron chi connectivity index (χ4n) is 5.03. The normalized spacial score (nSPS) is 38.6. The van der Waals surface area contributed by atoms with Gasteiger partial charge in [0.1, 0.15) is 48.1 Å². The smallest absolute Gasteiger partial charge is 0.325 e. The van der Waals surface area contributed by atoms with Gasteiger partial charge in [0.05, 0.1) is 25.2 Å². The molecule has 4 N–H and O–H groups in total. The Morgan fingerprint density at radius 2 is 1.72 bits per heavy atom. The fraction of sp³-hybridized carbons (Fsp3) is 0.500. The number of fused-ring (bicyclic) bond motifs is 4. The molecule has 0 radical (unpaired) electrons. The van der Waals surface area contributed by atoms with Crippen LogP contribution in [0.1, 0.15) is 34.1 Å². The standard InChI is InChI=1S/C22H24F2N6O9P2S2/c1-9-16-21(28-7-27-9)30(8-29-16)22-15(24)18-13(37-22)6-35-41(33,43)39-19-14(23)12(5-34-40(32,42)38-18)36-17(19)10-2-3-26-11(4-10)20(25)31/h2-4,7-8,12-15,17-19,22H,5-6H2,1H3,(H2,25,31)(H,32,42)(H,33,43)/t12-,13-,14-,15-,17+,18-,19-,22-,40?,41?/m1/s1. The topological polar surface area (TPSA) is 195 Å². The molecule has 0 aliphatic carbocycles. The Hall–Kier alpha value is -1.99. The molecule has 6 heterocycles. The zero-order valence-corrected chi connectivity index (χ0v) is 25.4. The van der Waals surface area contributed by atoms with Crippen molar-refractivity contribution < 1.29 is 50.9 Å². The van der Waals surface area contributed by atoms with Gasteiger partial charge in [0.25, 0.3) is 5.91 Å². The van der Waals surface area contributed by atoms with Crippen LogP contribution in [-0.4, -0.2) is 90.2 Å². The quantitative estimate of drug-likeness (QED) is 0.337. The number of rotatable bonds is 3. The molecule has 0 saturated carbocycles. The third-order valence-electron chi connectivity index (χ3n) is 7.05. The van der Waals surface area contributed by atoms with Crippen LogP contribution in [0.15, 0.2) is 31.0 Å². The molecule has 15 nitrogen and oxygen atoms in total. The highest BCUT2D eigenvalue weighted by Crippen LogP contribution is 2.55. The van der Waals surface area contributed by atoms with Crippen molar-refractivity contribution in [1.82, 2.24) is 24.5 Å². The van der Waals surface area contributed by atoms with Crippen LogP contribution in [0.3, 0.4) is 0 Å². The van der Waals surface area contributed by atoms with Gasteiger partial charge in [0.2, 0.25) is 0 Å². The molecule has 3 saturated heterocycles. The number of alkyl halides is 2. The van der Waals surface area contributed by atoms with Crippen molar-refractivity contribution in [3.05, 3.63) is 47.9 Å². The minimum atomic E-state index is -4.26. The molecule has 43 heavy (non-hydrogen) atoms. The van der Waals surface area contributed by atoms with Crippen LogP contribution in [-0.2, 0) is 51.2 Å². The van der Waals surface area contributed by atoms with Crippen LogP contribution in [0.4, 0.5) is 8.78 Å². The van der Waals surface area contributed by atoms with E-state index in [0.29, 0.717) is 11.2 Å². The SMILES string of the molecule is Cc1ncnc2c1ncn2[C@@H]1O[C@@H]2COP(O)(=S)O[C@@H]3[C@H](F)[C@@H](COP(O)(=S)O[C@H]2[C@H]1F)O[C@H]3c1ccnc(C(N)=O)c1. The molecule has 1 amide bonds. The lowest BCUT2D eigenvalue weighted by Crippen LogP contribution is -2.34. The van der Waals surface area contributed by atoms with E-state index in [1.165, 1.54) is 35.6 Å². The molecule has 3 aliphatic heterocycles. The maximum Gasteiger partial charge on any atom is 0.325 e. The number of carbonyl (C=O) groups is 1. The van der Waals surface area contributed by atoms with Crippen LogP contribution >= 0.6 is 13.4 Å². The molecule has 2 bridgehead atoms. The first-order chi connectivity index (χ1) is 20.3. The fourth-order valence-corrected chi connectivity index (χ4v) is 7.88. The summed E-state index contributed by atoms with van der Waals surface area (Å²) in [5.74, 6) is -0.841. The Kier molecular flexibility index (Phi) is 8.47. The molecule has 3 aliphatic rings. The first-order valence-electron chi connectivity index (χ1n) is 12.6. The number of aromatic nitrogens is 5. The molecule has 3 aromatic rings. The van der Waals surface area contributed by atoms with Gasteiger partial charge in [-0.3, -0.25) is 23.4 Å². The molecule has 0 spiro atoms. The van der Waals surface area contributed by atoms with Gasteiger partial charge < -0.3 is 34.0 Å². The van der Waals surface area contributed by atoms with Gasteiger partial charge in [-0.05, 0) is 48.2 Å². The molecule has 2 unspecified atom stereocenters. The number of hydrogen-bond donors (Lipinski definition) is 3. The number of halogens is 2. The van der Waals surface area contributed by atoms with Gasteiger partial charge in [0.15, 0.2) is 24.2 Å². The second-order valence-corrected chi connectivity index (χ2v) is 15.4. The minimum Gasteiger partial charge on any atom is -0.364 e. The van der Waals surface area contributed by atoms with Crippen LogP contribution in [0.25, 0.3) is 11.2 Å². The maximum absolute atomic E-state index is 16.0. The second-order valence-electron chi connectivity index (χ2n) is 9.84. The Labute approximate surface area is 252 Å². The van der Waals surface area contributed by atoms with Crippen molar-refractivity contribution >= 4 is 54.1 Å². The molecule has 232 valence electrons. The summed E-state index contributed by atoms with van der Waals surface area (Å²) < 4.78 is 66.7. The van der Waals surface area contributed by atoms with Crippen molar-refractivity contribution in [3.63, 3.8) is 0 Å². The zero-order valence-electron chi connectivity index (χ0n) is 22.0. The molecular weight excluding hydrogens is 656 g/mol. The molecule has 0 aromatic carbocycles. The minimum absolute atomic E-state index is 0.129. The largest absolute Gasteiger partial charge is 0.364 e. The Morgan fingerprint density at radius 1 is 1.02 bits per heavy atom. The van der Waals surface area contributed by atoms with Crippen molar-refractivity contribution in [3.8, 4) is 0 Å². The average Bonchev–Trinajstić information content (AvgIpc) is 3.61. The third kappa shape index (κ3) is 6.14. The van der Waals surface area contributed by atoms with E-state index in [1.807, 2.05) is 0 Å². The number of ether oxygens (including phenoxy) is 2. The van der Waals surface area contributed by atoms with Crippen LogP contribution < -0.4 is 5.73 Å². The van der Waals surface area contributed by atoms with E-state index in [1.54, 1.807) is 6.92 Å². The van der Waals surface area contributed by atoms with E-state index in [9.17, 15) is 14.6 Å². The van der Waals surface area contributed by atoms with E-state index in [-0.39, 0.29) is 16.9 Å². The number of nitrogens with two attached hydrogens (primary N) is 1. The number of hydrogen-bond acceptors (Lipinski definition) is 13. The average molecular weight is 681 g/mol. The molecular formula is C22H24F2N6O9P2S2. The summed E-state index contributed by atoms with van der Waals surface area (Å²) in [7, 11) is 0. The lowest BCUT2D eigenvalue weighted by atomic mass is 10.0. The van der Waals surface area contributed by atoms with Gasteiger partial charge >= 0.3 is 13.4 Å². The molecule has 21 heteroatoms. The van der Waals surface area contributed by atoms with E-state index >= 15 is 8.78 Å². The maximum atomic E-state index is 16.0. The summed E-state index contributed by atoms with van der Waals surface area (Å²) in [5, 5.41) is 0. The zero-order chi connectivity index (χ0) is 30.7. The summed E-state index contributed by atoms with van der Waals surface area (Å²) in [6.45, 7) is -8.06. The number of nitrogens with zero attached hydrogens (tertiary/aromatic N) is 5. The number of aryl methyl sites for hydroxylation is 1. The first-order valence-corrected chi connectivity index (χ1v) is 17.8. The summed E-state index contributed by atoms with van der Waals surface area (Å²) >= 11 is 10.3. The highest BCUT2D eigenvalue weighted by Gasteiger charge is 2.53. The number of pyridine rings is 1. The Balaban J connectivity index is 1.30. The summed E-state index contributed by atoms with van der Waals surface area (Å²) in [6, 6.07) is 2.70. The third-order valence-corrected chi connectivity index (χ3v) is 10.2. The monoisotopic (exact) mass is 680 g/mol. The number of primary amides is 1. The van der Waals surface area contributed by atoms with Crippen molar-refractivity contribution in [2.75, 3.05) is 13.2 Å². The molecule has 10 atom stereocenters. The highest BCUT2D eigenvalue weighted by atomic mass is 32.5. The molecule has 6 rings (SSSR count). The van der Waals surface area contributed by atoms with Gasteiger partial charge in [0, 0.05) is 6.20 Å². The Morgan fingerprint density at radius 3 is 2.44 bits per heavy atom. The predicted molar refractivity (Wildman–Crippen MR) is 149 cm³/mol. The van der Waals surface area contributed by atoms with Gasteiger partial charge in [-0.25, -0.2) is 23.7 Å². The van der Waals surface area contributed by atoms with Gasteiger partial charge in [-0.2, -0.15) is 0 Å². The number of carbonyl (C=O) groups excluding carboxylic acids is 1. The molecule has 3 aromatic heterocycles. The van der Waals surface area contributed by atoms with Crippen molar-refractivity contribution in [1.29, 1.82) is 0 Å². The summed E-state index contributed by atoms with van der Waals surface area (Å²) in [6.07, 6.45) is -8.57. The van der Waals surface area contributed by atoms with E-state index in [4.69, 9.17) is 56.9 Å². The van der Waals surface area contributed by atoms with E-state index in [0.717, 1.165) is 0 Å². The lowest BCUT2D eigenvalue weighted by molar-refractivity contribution is -0.0486.